The van der Waals surface area contributed by atoms with Crippen molar-refractivity contribution in [1.82, 2.24) is 19.5 Å². The van der Waals surface area contributed by atoms with E-state index >= 15 is 0 Å². The summed E-state index contributed by atoms with van der Waals surface area (Å²) >= 11 is 0. The molecule has 0 fully saturated rings. The topological polar surface area (TPSA) is 116 Å². The second-order valence-electron chi connectivity index (χ2n) is 7.53. The van der Waals surface area contributed by atoms with Crippen LogP contribution in [0.5, 0.6) is 11.6 Å². The maximum Gasteiger partial charge on any atom is 0.327 e. The molecule has 4 rings (SSSR count). The third-order valence-corrected chi connectivity index (χ3v) is 6.06. The minimum Gasteiger partial charge on any atom is -0.491 e. The Kier molecular flexibility index (Phi) is 6.19. The fourth-order valence-corrected chi connectivity index (χ4v) is 4.63. The van der Waals surface area contributed by atoms with Gasteiger partial charge in [0.25, 0.3) is 5.88 Å². The predicted octanol–water partition coefficient (Wildman–Crippen LogP) is 2.83. The van der Waals surface area contributed by atoms with E-state index in [2.05, 4.69) is 15.0 Å². The number of nitrogens with one attached hydrogen (secondary N) is 1. The van der Waals surface area contributed by atoms with Crippen molar-refractivity contribution in [3.63, 3.8) is 0 Å². The Hall–Kier alpha value is -3.66. The first-order chi connectivity index (χ1) is 15.8. The van der Waals surface area contributed by atoms with Crippen LogP contribution in [0.2, 0.25) is 0 Å². The van der Waals surface area contributed by atoms with E-state index in [1.807, 2.05) is 37.3 Å². The molecule has 0 aliphatic carbocycles. The lowest BCUT2D eigenvalue weighted by molar-refractivity contribution is 0.296. The number of rotatable bonds is 8. The fourth-order valence-electron chi connectivity index (χ4n) is 3.74. The first-order valence-corrected chi connectivity index (χ1v) is 12.4. The van der Waals surface area contributed by atoms with Crippen LogP contribution in [0.1, 0.15) is 18.7 Å². The highest BCUT2D eigenvalue weighted by Gasteiger charge is 2.26. The quantitative estimate of drug-likeness (QED) is 0.423. The average Bonchev–Trinajstić information content (AvgIpc) is 3.12. The number of fused-ring (bicyclic) bond motifs is 1. The van der Waals surface area contributed by atoms with Crippen molar-refractivity contribution in [1.29, 1.82) is 0 Å². The largest absolute Gasteiger partial charge is 0.491 e. The van der Waals surface area contributed by atoms with Gasteiger partial charge in [-0.05, 0) is 43.3 Å². The zero-order valence-electron chi connectivity index (χ0n) is 18.5. The molecule has 0 saturated carbocycles. The predicted molar refractivity (Wildman–Crippen MR) is 126 cm³/mol. The van der Waals surface area contributed by atoms with Gasteiger partial charge in [-0.1, -0.05) is 12.1 Å². The molecule has 3 heterocycles. The summed E-state index contributed by atoms with van der Waals surface area (Å²) in [6.07, 6.45) is 2.83. The molecule has 33 heavy (non-hydrogen) atoms. The molecule has 10 heteroatoms. The summed E-state index contributed by atoms with van der Waals surface area (Å²) in [7, 11) is -1.97. The summed E-state index contributed by atoms with van der Waals surface area (Å²) in [4.78, 5) is 24.7. The molecule has 9 nitrogen and oxygen atoms in total. The number of aromatic amines is 1. The van der Waals surface area contributed by atoms with Crippen molar-refractivity contribution in [3.8, 4) is 22.9 Å². The minimum absolute atomic E-state index is 0.237. The summed E-state index contributed by atoms with van der Waals surface area (Å²) in [6.45, 7) is 2.16. The highest BCUT2D eigenvalue weighted by Crippen LogP contribution is 2.30. The number of H-pyrrole nitrogens is 1. The Labute approximate surface area is 191 Å². The normalized spacial score (nSPS) is 12.6. The van der Waals surface area contributed by atoms with Gasteiger partial charge >= 0.3 is 5.69 Å². The standard InChI is InChI=1S/C23H24N4O5S/c1-4-32-22-21(31-2)11-9-17(25-22)20(14-33(3,29)30)27-19-10-8-15(13-18(19)26-23(27)28)16-7-5-6-12-24-16/h5-13,20H,4,14H2,1-3H3,(H,26,28). The highest BCUT2D eigenvalue weighted by atomic mass is 32.2. The smallest absolute Gasteiger partial charge is 0.327 e. The highest BCUT2D eigenvalue weighted by molar-refractivity contribution is 7.90. The first-order valence-electron chi connectivity index (χ1n) is 10.3. The van der Waals surface area contributed by atoms with Crippen LogP contribution in [-0.2, 0) is 9.84 Å². The average molecular weight is 469 g/mol. The molecule has 0 aliphatic rings. The fraction of sp³-hybridized carbons (Fsp3) is 0.261. The van der Waals surface area contributed by atoms with Gasteiger partial charge in [-0.25, -0.2) is 18.2 Å². The number of pyridine rings is 2. The van der Waals surface area contributed by atoms with E-state index in [4.69, 9.17) is 9.47 Å². The Morgan fingerprint density at radius 3 is 2.64 bits per heavy atom. The van der Waals surface area contributed by atoms with E-state index in [-0.39, 0.29) is 11.6 Å². The van der Waals surface area contributed by atoms with Gasteiger partial charge in [-0.2, -0.15) is 0 Å². The van der Waals surface area contributed by atoms with Crippen LogP contribution < -0.4 is 15.2 Å². The van der Waals surface area contributed by atoms with E-state index in [1.54, 1.807) is 24.4 Å². The molecule has 0 saturated heterocycles. The van der Waals surface area contributed by atoms with Crippen molar-refractivity contribution in [2.45, 2.75) is 13.0 Å². The molecular weight excluding hydrogens is 444 g/mol. The van der Waals surface area contributed by atoms with Crippen LogP contribution in [-0.4, -0.2) is 53.7 Å². The van der Waals surface area contributed by atoms with Gasteiger partial charge in [-0.3, -0.25) is 9.55 Å². The third kappa shape index (κ3) is 4.75. The van der Waals surface area contributed by atoms with Gasteiger partial charge in [0.15, 0.2) is 5.75 Å². The van der Waals surface area contributed by atoms with Crippen LogP contribution in [0.25, 0.3) is 22.3 Å². The number of sulfone groups is 1. The summed E-state index contributed by atoms with van der Waals surface area (Å²) in [5.41, 5.74) is 2.66. The van der Waals surface area contributed by atoms with Crippen LogP contribution in [0.15, 0.2) is 59.5 Å². The van der Waals surface area contributed by atoms with Crippen LogP contribution in [0.3, 0.4) is 0 Å². The van der Waals surface area contributed by atoms with Crippen molar-refractivity contribution in [3.05, 3.63) is 70.9 Å². The second-order valence-corrected chi connectivity index (χ2v) is 9.72. The lowest BCUT2D eigenvalue weighted by atomic mass is 10.1. The van der Waals surface area contributed by atoms with Crippen molar-refractivity contribution >= 4 is 20.9 Å². The van der Waals surface area contributed by atoms with Crippen molar-refractivity contribution in [2.24, 2.45) is 0 Å². The molecule has 1 N–H and O–H groups in total. The van der Waals surface area contributed by atoms with Crippen LogP contribution >= 0.6 is 0 Å². The molecule has 4 aromatic rings. The minimum atomic E-state index is -3.47. The summed E-state index contributed by atoms with van der Waals surface area (Å²) in [6, 6.07) is 13.5. The number of imidazole rings is 1. The van der Waals surface area contributed by atoms with Gasteiger partial charge in [-0.15, -0.1) is 0 Å². The monoisotopic (exact) mass is 468 g/mol. The summed E-state index contributed by atoms with van der Waals surface area (Å²) in [5, 5.41) is 0. The molecular formula is C23H24N4O5S. The second kappa shape index (κ2) is 9.07. The maximum atomic E-state index is 13.0. The number of benzene rings is 1. The lowest BCUT2D eigenvalue weighted by Crippen LogP contribution is -2.29. The van der Waals surface area contributed by atoms with E-state index in [1.165, 1.54) is 11.7 Å². The number of methoxy groups -OCH3 is 1. The molecule has 1 unspecified atom stereocenters. The van der Waals surface area contributed by atoms with Crippen molar-refractivity contribution in [2.75, 3.05) is 25.7 Å². The molecule has 0 aliphatic heterocycles. The van der Waals surface area contributed by atoms with Gasteiger partial charge in [0.05, 0.1) is 47.9 Å². The summed E-state index contributed by atoms with van der Waals surface area (Å²) in [5.74, 6) is 0.346. The Bertz CT molecular complexity index is 1440. The van der Waals surface area contributed by atoms with Gasteiger partial charge < -0.3 is 14.5 Å². The van der Waals surface area contributed by atoms with Crippen LogP contribution in [0, 0.1) is 0 Å². The van der Waals surface area contributed by atoms with Gasteiger partial charge in [0.1, 0.15) is 9.84 Å². The molecule has 0 amide bonds. The Balaban J connectivity index is 1.88. The third-order valence-electron chi connectivity index (χ3n) is 5.14. The molecule has 0 spiro atoms. The number of aromatic nitrogens is 4. The maximum absolute atomic E-state index is 13.0. The van der Waals surface area contributed by atoms with E-state index in [0.29, 0.717) is 29.1 Å². The molecule has 1 atom stereocenters. The zero-order valence-corrected chi connectivity index (χ0v) is 19.3. The number of hydrogen-bond donors (Lipinski definition) is 1. The van der Waals surface area contributed by atoms with Gasteiger partial charge in [0.2, 0.25) is 0 Å². The Morgan fingerprint density at radius 2 is 1.97 bits per heavy atom. The lowest BCUT2D eigenvalue weighted by Gasteiger charge is -2.19. The molecule has 3 aromatic heterocycles. The van der Waals surface area contributed by atoms with E-state index < -0.39 is 21.6 Å². The Morgan fingerprint density at radius 1 is 1.15 bits per heavy atom. The number of hydrogen-bond acceptors (Lipinski definition) is 7. The van der Waals surface area contributed by atoms with Crippen LogP contribution in [0.4, 0.5) is 0 Å². The summed E-state index contributed by atoms with van der Waals surface area (Å²) < 4.78 is 36.9. The number of nitrogens with zero attached hydrogens (tertiary/aromatic N) is 3. The SMILES string of the molecule is CCOc1nc(C(CS(C)(=O)=O)n2c(=O)[nH]c3cc(-c4ccccn4)ccc32)ccc1OC. The molecule has 0 radical (unpaired) electrons. The zero-order chi connectivity index (χ0) is 23.6. The van der Waals surface area contributed by atoms with Crippen molar-refractivity contribution < 1.29 is 17.9 Å². The number of ether oxygens (including phenoxy) is 2. The van der Waals surface area contributed by atoms with E-state index in [9.17, 15) is 13.2 Å². The molecule has 0 bridgehead atoms. The van der Waals surface area contributed by atoms with E-state index in [0.717, 1.165) is 17.5 Å². The first kappa shape index (κ1) is 22.5. The van der Waals surface area contributed by atoms with Gasteiger partial charge in [0, 0.05) is 18.0 Å². The molecule has 1 aromatic carbocycles. The molecule has 172 valence electrons.